The number of aryl methyl sites for hydroxylation is 1. The summed E-state index contributed by atoms with van der Waals surface area (Å²) in [5.74, 6) is -0.759. The predicted molar refractivity (Wildman–Crippen MR) is 126 cm³/mol. The number of benzene rings is 1. The number of carbonyl (C=O) groups excluding carboxylic acids is 2. The molecule has 1 atom stereocenters. The molecule has 2 amide bonds. The highest BCUT2D eigenvalue weighted by Gasteiger charge is 2.34. The molecule has 2 aliphatic heterocycles. The summed E-state index contributed by atoms with van der Waals surface area (Å²) in [4.78, 5) is 26.8. The van der Waals surface area contributed by atoms with Crippen molar-refractivity contribution in [3.8, 4) is 0 Å². The first-order chi connectivity index (χ1) is 16.1. The summed E-state index contributed by atoms with van der Waals surface area (Å²) >= 11 is 0.936. The molecule has 2 aromatic rings. The third-order valence-corrected chi connectivity index (χ3v) is 8.60. The Morgan fingerprint density at radius 1 is 1.26 bits per heavy atom. The number of nitrogens with one attached hydrogen (secondary N) is 2. The van der Waals surface area contributed by atoms with Crippen molar-refractivity contribution in [2.75, 3.05) is 54.5 Å². The van der Waals surface area contributed by atoms with Gasteiger partial charge in [0.05, 0.1) is 36.1 Å². The van der Waals surface area contributed by atoms with Gasteiger partial charge in [-0.1, -0.05) is 0 Å². The van der Waals surface area contributed by atoms with E-state index in [1.54, 1.807) is 25.1 Å². The minimum atomic E-state index is -3.89. The van der Waals surface area contributed by atoms with Gasteiger partial charge in [-0.15, -0.1) is 11.3 Å². The molecule has 2 saturated heterocycles. The topological polar surface area (TPSA) is 117 Å². The van der Waals surface area contributed by atoms with E-state index in [1.807, 2.05) is 4.90 Å². The van der Waals surface area contributed by atoms with Crippen molar-refractivity contribution in [2.24, 2.45) is 0 Å². The molecule has 34 heavy (non-hydrogen) atoms. The lowest BCUT2D eigenvalue weighted by molar-refractivity contribution is -0.114. The number of thiophene rings is 1. The zero-order chi connectivity index (χ0) is 24.5. The van der Waals surface area contributed by atoms with Crippen molar-refractivity contribution in [1.29, 1.82) is 0 Å². The maximum Gasteiger partial charge on any atom is 0.414 e. The molecule has 0 aliphatic carbocycles. The van der Waals surface area contributed by atoms with E-state index in [1.165, 1.54) is 17.9 Å². The van der Waals surface area contributed by atoms with E-state index in [4.69, 9.17) is 9.47 Å². The fraction of sp³-hybridized carbons (Fsp3) is 0.429. The van der Waals surface area contributed by atoms with Gasteiger partial charge in [-0.05, 0) is 36.8 Å². The number of hydrogen-bond acceptors (Lipinski definition) is 8. The zero-order valence-electron chi connectivity index (χ0n) is 18.7. The lowest BCUT2D eigenvalue weighted by atomic mass is 10.2. The number of amides is 2. The summed E-state index contributed by atoms with van der Waals surface area (Å²) in [6, 6.07) is 6.11. The van der Waals surface area contributed by atoms with Crippen molar-refractivity contribution >= 4 is 49.7 Å². The van der Waals surface area contributed by atoms with Gasteiger partial charge in [-0.2, -0.15) is 0 Å². The molecular formula is C21H25FN4O6S2. The molecular weight excluding hydrogens is 487 g/mol. The van der Waals surface area contributed by atoms with E-state index in [-0.39, 0.29) is 23.2 Å². The molecule has 2 N–H and O–H groups in total. The van der Waals surface area contributed by atoms with E-state index in [9.17, 15) is 22.4 Å². The predicted octanol–water partition coefficient (Wildman–Crippen LogP) is 2.29. The van der Waals surface area contributed by atoms with Gasteiger partial charge in [0.1, 0.15) is 16.1 Å². The molecule has 3 heterocycles. The fourth-order valence-electron chi connectivity index (χ4n) is 3.80. The summed E-state index contributed by atoms with van der Waals surface area (Å²) in [5, 5.41) is 2.99. The van der Waals surface area contributed by atoms with Crippen molar-refractivity contribution in [3.05, 3.63) is 35.6 Å². The first-order valence-corrected chi connectivity index (χ1v) is 12.9. The maximum absolute atomic E-state index is 14.7. The van der Waals surface area contributed by atoms with E-state index >= 15 is 0 Å². The smallest absolute Gasteiger partial charge is 0.414 e. The Morgan fingerprint density at radius 3 is 2.68 bits per heavy atom. The summed E-state index contributed by atoms with van der Waals surface area (Å²) in [7, 11) is -3.89. The Labute approximate surface area is 200 Å². The molecule has 0 spiro atoms. The number of halogens is 1. The second-order valence-electron chi connectivity index (χ2n) is 7.97. The maximum atomic E-state index is 14.7. The molecule has 0 radical (unpaired) electrons. The average Bonchev–Trinajstić information content (AvgIpc) is 3.34. The number of hydrogen-bond donors (Lipinski definition) is 2. The molecule has 0 bridgehead atoms. The van der Waals surface area contributed by atoms with Gasteiger partial charge in [0.2, 0.25) is 5.91 Å². The van der Waals surface area contributed by atoms with Gasteiger partial charge in [0.15, 0.2) is 0 Å². The van der Waals surface area contributed by atoms with Crippen LogP contribution in [0.5, 0.6) is 0 Å². The Kier molecular flexibility index (Phi) is 7.07. The summed E-state index contributed by atoms with van der Waals surface area (Å²) < 4.78 is 53.3. The van der Waals surface area contributed by atoms with E-state index in [0.29, 0.717) is 48.2 Å². The molecule has 184 valence electrons. The number of ether oxygens (including phenoxy) is 2. The number of rotatable bonds is 7. The van der Waals surface area contributed by atoms with Gasteiger partial charge >= 0.3 is 6.09 Å². The molecule has 10 nitrogen and oxygen atoms in total. The SMILES string of the molecule is CC(=O)Nc1cc(C)c(S(=O)(=O)NC[C@H]2CN(c3ccc(N4CCOCC4)c(F)c3)C(=O)O2)s1. The van der Waals surface area contributed by atoms with Crippen molar-refractivity contribution < 1.29 is 31.9 Å². The Hall–Kier alpha value is -2.74. The average molecular weight is 513 g/mol. The van der Waals surface area contributed by atoms with Gasteiger partial charge < -0.3 is 19.7 Å². The minimum Gasteiger partial charge on any atom is -0.443 e. The van der Waals surface area contributed by atoms with Gasteiger partial charge in [0.25, 0.3) is 10.0 Å². The third-order valence-electron chi connectivity index (χ3n) is 5.39. The highest BCUT2D eigenvalue weighted by molar-refractivity contribution is 7.91. The highest BCUT2D eigenvalue weighted by Crippen LogP contribution is 2.31. The minimum absolute atomic E-state index is 0.0677. The van der Waals surface area contributed by atoms with E-state index < -0.39 is 28.0 Å². The molecule has 1 aromatic heterocycles. The molecule has 13 heteroatoms. The van der Waals surface area contributed by atoms with Crippen LogP contribution in [0.4, 0.5) is 25.6 Å². The first kappa shape index (κ1) is 24.4. The molecule has 4 rings (SSSR count). The summed E-state index contributed by atoms with van der Waals surface area (Å²) in [5.41, 5.74) is 1.26. The second-order valence-corrected chi connectivity index (χ2v) is 11.0. The van der Waals surface area contributed by atoms with E-state index in [0.717, 1.165) is 11.3 Å². The quantitative estimate of drug-likeness (QED) is 0.585. The Balaban J connectivity index is 1.40. The fourth-order valence-corrected chi connectivity index (χ4v) is 6.55. The number of sulfonamides is 1. The van der Waals surface area contributed by atoms with Crippen LogP contribution in [0.1, 0.15) is 12.5 Å². The molecule has 1 aromatic carbocycles. The van der Waals surface area contributed by atoms with Gasteiger partial charge in [0, 0.05) is 26.6 Å². The number of anilines is 3. The van der Waals surface area contributed by atoms with Crippen LogP contribution < -0.4 is 19.8 Å². The van der Waals surface area contributed by atoms with Crippen LogP contribution in [0.15, 0.2) is 28.5 Å². The van der Waals surface area contributed by atoms with Gasteiger partial charge in [-0.25, -0.2) is 22.3 Å². The van der Waals surface area contributed by atoms with Crippen molar-refractivity contribution in [3.63, 3.8) is 0 Å². The normalized spacial score (nSPS) is 18.8. The lowest BCUT2D eigenvalue weighted by Gasteiger charge is -2.29. The van der Waals surface area contributed by atoms with Crippen LogP contribution in [-0.2, 0) is 24.3 Å². The Bertz CT molecular complexity index is 1200. The molecule has 2 aliphatic rings. The summed E-state index contributed by atoms with van der Waals surface area (Å²) in [6.45, 7) is 5.10. The number of nitrogens with zero attached hydrogens (tertiary/aromatic N) is 2. The third kappa shape index (κ3) is 5.32. The summed E-state index contributed by atoms with van der Waals surface area (Å²) in [6.07, 6.45) is -1.43. The second kappa shape index (κ2) is 9.86. The van der Waals surface area contributed by atoms with Crippen molar-refractivity contribution in [1.82, 2.24) is 4.72 Å². The van der Waals surface area contributed by atoms with Crippen LogP contribution in [0.2, 0.25) is 0 Å². The highest BCUT2D eigenvalue weighted by atomic mass is 32.2. The van der Waals surface area contributed by atoms with Crippen LogP contribution in [0.25, 0.3) is 0 Å². The van der Waals surface area contributed by atoms with Gasteiger partial charge in [-0.3, -0.25) is 9.69 Å². The number of morpholine rings is 1. The number of carbonyl (C=O) groups is 2. The molecule has 0 unspecified atom stereocenters. The molecule has 0 saturated carbocycles. The van der Waals surface area contributed by atoms with Crippen LogP contribution >= 0.6 is 11.3 Å². The van der Waals surface area contributed by atoms with Crippen LogP contribution in [0.3, 0.4) is 0 Å². The zero-order valence-corrected chi connectivity index (χ0v) is 20.3. The van der Waals surface area contributed by atoms with Crippen LogP contribution in [-0.4, -0.2) is 65.9 Å². The largest absolute Gasteiger partial charge is 0.443 e. The van der Waals surface area contributed by atoms with Crippen molar-refractivity contribution in [2.45, 2.75) is 24.2 Å². The van der Waals surface area contributed by atoms with E-state index in [2.05, 4.69) is 10.0 Å². The number of cyclic esters (lactones) is 1. The monoisotopic (exact) mass is 512 g/mol. The lowest BCUT2D eigenvalue weighted by Crippen LogP contribution is -2.37. The standard InChI is InChI=1S/C21H25FN4O6S2/c1-13-9-19(24-14(2)27)33-20(13)34(29,30)23-11-16-12-26(21(28)32-16)15-3-4-18(17(22)10-15)25-5-7-31-8-6-25/h3-4,9-10,16,23H,5-8,11-12H2,1-2H3,(H,24,27)/t16-/m0/s1. The Morgan fingerprint density at radius 2 is 2.00 bits per heavy atom. The van der Waals surface area contributed by atoms with Crippen LogP contribution in [0, 0.1) is 12.7 Å². The molecule has 2 fully saturated rings. The first-order valence-electron chi connectivity index (χ1n) is 10.6.